The Kier molecular flexibility index (Phi) is 5.34. The highest BCUT2D eigenvalue weighted by atomic mass is 16.3. The van der Waals surface area contributed by atoms with Gasteiger partial charge in [-0.05, 0) is 26.2 Å². The van der Waals surface area contributed by atoms with Crippen LogP contribution in [0.3, 0.4) is 0 Å². The molecule has 1 aromatic rings. The molecule has 3 N–H and O–H groups in total. The molecule has 2 heterocycles. The van der Waals surface area contributed by atoms with E-state index in [1.54, 1.807) is 0 Å². The molecule has 1 aromatic heterocycles. The summed E-state index contributed by atoms with van der Waals surface area (Å²) in [4.78, 5) is 15.5. The molecule has 1 aliphatic heterocycles. The van der Waals surface area contributed by atoms with Gasteiger partial charge in [0.05, 0.1) is 6.61 Å². The molecule has 0 saturated carbocycles. The van der Waals surface area contributed by atoms with Gasteiger partial charge >= 0.3 is 0 Å². The van der Waals surface area contributed by atoms with Crippen LogP contribution in [0.4, 0.5) is 17.8 Å². The number of hydrogen-bond acceptors (Lipinski definition) is 7. The van der Waals surface area contributed by atoms with Crippen molar-refractivity contribution >= 4 is 17.8 Å². The average Bonchev–Trinajstić information content (AvgIpc) is 2.99. The van der Waals surface area contributed by atoms with E-state index in [2.05, 4.69) is 37.4 Å². The minimum Gasteiger partial charge on any atom is -0.394 e. The Labute approximate surface area is 119 Å². The highest BCUT2D eigenvalue weighted by molar-refractivity contribution is 5.44. The van der Waals surface area contributed by atoms with Gasteiger partial charge in [0.2, 0.25) is 17.8 Å². The van der Waals surface area contributed by atoms with Crippen molar-refractivity contribution in [3.05, 3.63) is 0 Å². The third kappa shape index (κ3) is 3.93. The zero-order valence-electron chi connectivity index (χ0n) is 12.3. The van der Waals surface area contributed by atoms with Crippen LogP contribution in [-0.2, 0) is 0 Å². The fraction of sp³-hybridized carbons (Fsp3) is 0.769. The summed E-state index contributed by atoms with van der Waals surface area (Å²) in [7, 11) is 0. The fourth-order valence-corrected chi connectivity index (χ4v) is 2.07. The van der Waals surface area contributed by atoms with E-state index in [1.807, 2.05) is 6.92 Å². The molecule has 0 aliphatic carbocycles. The molecule has 1 aliphatic rings. The van der Waals surface area contributed by atoms with E-state index in [4.69, 9.17) is 5.11 Å². The van der Waals surface area contributed by atoms with Crippen LogP contribution in [0.5, 0.6) is 0 Å². The summed E-state index contributed by atoms with van der Waals surface area (Å²) in [5, 5.41) is 15.4. The predicted octanol–water partition coefficient (Wildman–Crippen LogP) is 1.09. The van der Waals surface area contributed by atoms with E-state index in [0.29, 0.717) is 17.8 Å². The molecule has 0 bridgehead atoms. The first kappa shape index (κ1) is 14.8. The lowest BCUT2D eigenvalue weighted by atomic mass is 10.4. The lowest BCUT2D eigenvalue weighted by Crippen LogP contribution is -2.25. The second kappa shape index (κ2) is 7.23. The van der Waals surface area contributed by atoms with Gasteiger partial charge in [-0.15, -0.1) is 0 Å². The van der Waals surface area contributed by atoms with Gasteiger partial charge in [0, 0.05) is 25.7 Å². The minimum atomic E-state index is -0.0807. The lowest BCUT2D eigenvalue weighted by Gasteiger charge is -2.18. The van der Waals surface area contributed by atoms with Gasteiger partial charge in [-0.3, -0.25) is 0 Å². The van der Waals surface area contributed by atoms with Gasteiger partial charge in [0.25, 0.3) is 0 Å². The van der Waals surface area contributed by atoms with Crippen molar-refractivity contribution in [3.63, 3.8) is 0 Å². The first-order chi connectivity index (χ1) is 9.72. The van der Waals surface area contributed by atoms with Crippen molar-refractivity contribution < 1.29 is 5.11 Å². The molecule has 1 saturated heterocycles. The molecule has 7 heteroatoms. The van der Waals surface area contributed by atoms with E-state index < -0.39 is 0 Å². The van der Waals surface area contributed by atoms with Crippen LogP contribution in [0.15, 0.2) is 0 Å². The van der Waals surface area contributed by atoms with Crippen LogP contribution < -0.4 is 15.5 Å². The molecular formula is C13H24N6O. The third-order valence-electron chi connectivity index (χ3n) is 3.19. The van der Waals surface area contributed by atoms with Crippen molar-refractivity contribution in [2.24, 2.45) is 0 Å². The fourth-order valence-electron chi connectivity index (χ4n) is 2.07. The normalized spacial score (nSPS) is 16.2. The second-order valence-corrected chi connectivity index (χ2v) is 5.13. The summed E-state index contributed by atoms with van der Waals surface area (Å²) in [6.45, 7) is 6.85. The Hall–Kier alpha value is -1.63. The van der Waals surface area contributed by atoms with Gasteiger partial charge in [0.15, 0.2) is 0 Å². The largest absolute Gasteiger partial charge is 0.394 e. The van der Waals surface area contributed by atoms with Crippen LogP contribution in [0.2, 0.25) is 0 Å². The zero-order chi connectivity index (χ0) is 14.4. The second-order valence-electron chi connectivity index (χ2n) is 5.13. The average molecular weight is 280 g/mol. The molecule has 0 aromatic carbocycles. The number of aliphatic hydroxyl groups is 1. The number of nitrogens with zero attached hydrogens (tertiary/aromatic N) is 4. The topological polar surface area (TPSA) is 86.2 Å². The Morgan fingerprint density at radius 3 is 2.55 bits per heavy atom. The highest BCUT2D eigenvalue weighted by Gasteiger charge is 2.17. The van der Waals surface area contributed by atoms with E-state index in [-0.39, 0.29) is 12.6 Å². The molecule has 1 unspecified atom stereocenters. The first-order valence-electron chi connectivity index (χ1n) is 7.35. The summed E-state index contributed by atoms with van der Waals surface area (Å²) >= 11 is 0. The van der Waals surface area contributed by atoms with Crippen molar-refractivity contribution in [2.75, 3.05) is 41.8 Å². The van der Waals surface area contributed by atoms with Crippen molar-refractivity contribution in [1.29, 1.82) is 0 Å². The van der Waals surface area contributed by atoms with Crippen LogP contribution >= 0.6 is 0 Å². The first-order valence-corrected chi connectivity index (χ1v) is 7.35. The van der Waals surface area contributed by atoms with Crippen LogP contribution in [0.1, 0.15) is 33.1 Å². The molecule has 0 amide bonds. The molecule has 20 heavy (non-hydrogen) atoms. The van der Waals surface area contributed by atoms with E-state index >= 15 is 0 Å². The third-order valence-corrected chi connectivity index (χ3v) is 3.19. The maximum absolute atomic E-state index is 9.13. The van der Waals surface area contributed by atoms with Crippen LogP contribution in [-0.4, -0.2) is 52.3 Å². The monoisotopic (exact) mass is 280 g/mol. The predicted molar refractivity (Wildman–Crippen MR) is 80.2 cm³/mol. The van der Waals surface area contributed by atoms with Crippen LogP contribution in [0.25, 0.3) is 0 Å². The lowest BCUT2D eigenvalue weighted by molar-refractivity contribution is 0.281. The zero-order valence-corrected chi connectivity index (χ0v) is 12.3. The number of aliphatic hydroxyl groups excluding tert-OH is 1. The number of nitrogens with one attached hydrogen (secondary N) is 2. The van der Waals surface area contributed by atoms with Crippen molar-refractivity contribution in [1.82, 2.24) is 15.0 Å². The molecule has 1 fully saturated rings. The Morgan fingerprint density at radius 1 is 1.20 bits per heavy atom. The number of anilines is 3. The van der Waals surface area contributed by atoms with Gasteiger partial charge in [-0.2, -0.15) is 15.0 Å². The van der Waals surface area contributed by atoms with Gasteiger partial charge in [0.1, 0.15) is 0 Å². The quantitative estimate of drug-likeness (QED) is 0.689. The van der Waals surface area contributed by atoms with Gasteiger partial charge < -0.3 is 20.6 Å². The molecule has 2 rings (SSSR count). The summed E-state index contributed by atoms with van der Waals surface area (Å²) in [5.74, 6) is 1.82. The highest BCUT2D eigenvalue weighted by Crippen LogP contribution is 2.18. The summed E-state index contributed by atoms with van der Waals surface area (Å²) in [5.41, 5.74) is 0. The standard InChI is InChI=1S/C13H24N6O/c1-3-6-14-11-16-12(15-10(2)9-20)18-13(17-11)19-7-4-5-8-19/h10,20H,3-9H2,1-2H3,(H2,14,15,16,17,18). The SMILES string of the molecule is CCCNc1nc(NC(C)CO)nc(N2CCCC2)n1. The van der Waals surface area contributed by atoms with Gasteiger partial charge in [-0.1, -0.05) is 6.92 Å². The van der Waals surface area contributed by atoms with Crippen molar-refractivity contribution in [2.45, 2.75) is 39.2 Å². The summed E-state index contributed by atoms with van der Waals surface area (Å²) in [6, 6.07) is -0.0807. The van der Waals surface area contributed by atoms with Crippen molar-refractivity contribution in [3.8, 4) is 0 Å². The maximum Gasteiger partial charge on any atom is 0.231 e. The Balaban J connectivity index is 2.18. The summed E-state index contributed by atoms with van der Waals surface area (Å²) in [6.07, 6.45) is 3.37. The smallest absolute Gasteiger partial charge is 0.231 e. The van der Waals surface area contributed by atoms with Gasteiger partial charge in [-0.25, -0.2) is 0 Å². The maximum atomic E-state index is 9.13. The van der Waals surface area contributed by atoms with E-state index in [1.165, 1.54) is 12.8 Å². The Morgan fingerprint density at radius 2 is 1.90 bits per heavy atom. The molecular weight excluding hydrogens is 256 g/mol. The van der Waals surface area contributed by atoms with Crippen LogP contribution in [0, 0.1) is 0 Å². The molecule has 0 spiro atoms. The number of rotatable bonds is 7. The number of aromatic nitrogens is 3. The summed E-state index contributed by atoms with van der Waals surface area (Å²) < 4.78 is 0. The molecule has 112 valence electrons. The molecule has 1 atom stereocenters. The minimum absolute atomic E-state index is 0.0441. The van der Waals surface area contributed by atoms with E-state index in [0.717, 1.165) is 26.1 Å². The Bertz CT molecular complexity index is 421. The number of hydrogen-bond donors (Lipinski definition) is 3. The van der Waals surface area contributed by atoms with E-state index in [9.17, 15) is 0 Å². The molecule has 0 radical (unpaired) electrons. The molecule has 7 nitrogen and oxygen atoms in total.